The quantitative estimate of drug-likeness (QED) is 0.837. The molecule has 2 aromatic rings. The number of furan rings is 1. The standard InChI is InChI=1S/C16H20N4O3/c1-3-20(16(22)14-11-17-12(2)9-18-14)7-6-15(21)19-10-13-5-4-8-23-13/h4-5,8-9,11H,3,6-7,10H2,1-2H3,(H,19,21). The lowest BCUT2D eigenvalue weighted by Gasteiger charge is -2.20. The van der Waals surface area contributed by atoms with Crippen LogP contribution in [0.5, 0.6) is 0 Å². The minimum atomic E-state index is -0.223. The largest absolute Gasteiger partial charge is 0.467 e. The maximum Gasteiger partial charge on any atom is 0.274 e. The van der Waals surface area contributed by atoms with Crippen molar-refractivity contribution < 1.29 is 14.0 Å². The Bertz CT molecular complexity index is 638. The van der Waals surface area contributed by atoms with Crippen LogP contribution in [0.4, 0.5) is 0 Å². The summed E-state index contributed by atoms with van der Waals surface area (Å²) < 4.78 is 5.14. The van der Waals surface area contributed by atoms with Gasteiger partial charge >= 0.3 is 0 Å². The maximum absolute atomic E-state index is 12.3. The molecule has 7 heteroatoms. The zero-order chi connectivity index (χ0) is 16.7. The topological polar surface area (TPSA) is 88.3 Å². The van der Waals surface area contributed by atoms with Crippen molar-refractivity contribution in [1.29, 1.82) is 0 Å². The van der Waals surface area contributed by atoms with Crippen LogP contribution in [-0.4, -0.2) is 39.8 Å². The molecule has 122 valence electrons. The number of aromatic nitrogens is 2. The number of nitrogens with one attached hydrogen (secondary N) is 1. The second-order valence-electron chi connectivity index (χ2n) is 5.03. The minimum Gasteiger partial charge on any atom is -0.467 e. The van der Waals surface area contributed by atoms with E-state index in [1.807, 2.05) is 13.8 Å². The van der Waals surface area contributed by atoms with Gasteiger partial charge in [0.1, 0.15) is 11.5 Å². The molecule has 2 aromatic heterocycles. The van der Waals surface area contributed by atoms with Crippen molar-refractivity contribution in [2.45, 2.75) is 26.8 Å². The maximum atomic E-state index is 12.3. The van der Waals surface area contributed by atoms with Gasteiger partial charge in [-0.1, -0.05) is 0 Å². The van der Waals surface area contributed by atoms with Crippen molar-refractivity contribution in [2.75, 3.05) is 13.1 Å². The van der Waals surface area contributed by atoms with E-state index in [0.717, 1.165) is 5.69 Å². The summed E-state index contributed by atoms with van der Waals surface area (Å²) >= 11 is 0. The van der Waals surface area contributed by atoms with Gasteiger partial charge in [-0.15, -0.1) is 0 Å². The first-order chi connectivity index (χ1) is 11.1. The third-order valence-electron chi connectivity index (χ3n) is 3.32. The summed E-state index contributed by atoms with van der Waals surface area (Å²) in [6.45, 7) is 4.84. The van der Waals surface area contributed by atoms with Gasteiger partial charge in [-0.05, 0) is 26.0 Å². The molecule has 0 atom stereocenters. The first kappa shape index (κ1) is 16.7. The lowest BCUT2D eigenvalue weighted by molar-refractivity contribution is -0.121. The van der Waals surface area contributed by atoms with Crippen molar-refractivity contribution in [3.05, 3.63) is 47.9 Å². The Balaban J connectivity index is 1.82. The number of amides is 2. The van der Waals surface area contributed by atoms with E-state index >= 15 is 0 Å². The van der Waals surface area contributed by atoms with E-state index in [1.54, 1.807) is 29.5 Å². The Labute approximate surface area is 134 Å². The zero-order valence-corrected chi connectivity index (χ0v) is 13.3. The molecule has 7 nitrogen and oxygen atoms in total. The van der Waals surface area contributed by atoms with Crippen molar-refractivity contribution in [3.63, 3.8) is 0 Å². The van der Waals surface area contributed by atoms with Crippen LogP contribution in [-0.2, 0) is 11.3 Å². The van der Waals surface area contributed by atoms with Crippen molar-refractivity contribution in [3.8, 4) is 0 Å². The third kappa shape index (κ3) is 4.91. The molecule has 0 aliphatic heterocycles. The number of carbonyl (C=O) groups is 2. The van der Waals surface area contributed by atoms with E-state index < -0.39 is 0 Å². The number of nitrogens with zero attached hydrogens (tertiary/aromatic N) is 3. The minimum absolute atomic E-state index is 0.136. The highest BCUT2D eigenvalue weighted by Crippen LogP contribution is 2.03. The summed E-state index contributed by atoms with van der Waals surface area (Å²) in [6, 6.07) is 3.56. The van der Waals surface area contributed by atoms with Gasteiger partial charge in [-0.2, -0.15) is 0 Å². The summed E-state index contributed by atoms with van der Waals surface area (Å²) in [4.78, 5) is 33.9. The van der Waals surface area contributed by atoms with Crippen LogP contribution in [0.1, 0.15) is 35.3 Å². The molecule has 0 spiro atoms. The Morgan fingerprint density at radius 3 is 2.74 bits per heavy atom. The predicted octanol–water partition coefficient (Wildman–Crippen LogP) is 1.55. The van der Waals surface area contributed by atoms with Gasteiger partial charge in [-0.3, -0.25) is 14.6 Å². The van der Waals surface area contributed by atoms with Crippen molar-refractivity contribution >= 4 is 11.8 Å². The summed E-state index contributed by atoms with van der Waals surface area (Å²) in [5.74, 6) is 0.332. The average Bonchev–Trinajstić information content (AvgIpc) is 3.07. The van der Waals surface area contributed by atoms with Gasteiger partial charge < -0.3 is 14.6 Å². The monoisotopic (exact) mass is 316 g/mol. The van der Waals surface area contributed by atoms with E-state index in [-0.39, 0.29) is 23.9 Å². The molecule has 0 aliphatic rings. The molecule has 0 bridgehead atoms. The van der Waals surface area contributed by atoms with E-state index in [1.165, 1.54) is 6.20 Å². The molecular weight excluding hydrogens is 296 g/mol. The first-order valence-electron chi connectivity index (χ1n) is 7.47. The Hall–Kier alpha value is -2.70. The summed E-state index contributed by atoms with van der Waals surface area (Å²) in [7, 11) is 0. The molecule has 1 N–H and O–H groups in total. The lowest BCUT2D eigenvalue weighted by atomic mass is 10.3. The molecule has 0 aromatic carbocycles. The second kappa shape index (κ2) is 8.07. The number of aryl methyl sites for hydroxylation is 1. The highest BCUT2D eigenvalue weighted by Gasteiger charge is 2.17. The van der Waals surface area contributed by atoms with Gasteiger partial charge in [0.2, 0.25) is 5.91 Å². The molecular formula is C16H20N4O3. The van der Waals surface area contributed by atoms with Crippen LogP contribution in [0, 0.1) is 6.92 Å². The van der Waals surface area contributed by atoms with Gasteiger partial charge in [0, 0.05) is 25.7 Å². The van der Waals surface area contributed by atoms with Crippen molar-refractivity contribution in [2.24, 2.45) is 0 Å². The number of hydrogen-bond acceptors (Lipinski definition) is 5. The molecule has 0 fully saturated rings. The number of hydrogen-bond donors (Lipinski definition) is 1. The van der Waals surface area contributed by atoms with Crippen LogP contribution < -0.4 is 5.32 Å². The number of rotatable bonds is 7. The highest BCUT2D eigenvalue weighted by molar-refractivity contribution is 5.92. The highest BCUT2D eigenvalue weighted by atomic mass is 16.3. The summed E-state index contributed by atoms with van der Waals surface area (Å²) in [6.07, 6.45) is 4.79. The normalized spacial score (nSPS) is 10.3. The third-order valence-corrected chi connectivity index (χ3v) is 3.32. The summed E-state index contributed by atoms with van der Waals surface area (Å²) in [5.41, 5.74) is 1.04. The van der Waals surface area contributed by atoms with Gasteiger partial charge in [0.15, 0.2) is 0 Å². The summed E-state index contributed by atoms with van der Waals surface area (Å²) in [5, 5.41) is 2.75. The molecule has 0 radical (unpaired) electrons. The fraction of sp³-hybridized carbons (Fsp3) is 0.375. The molecule has 0 saturated heterocycles. The molecule has 0 aliphatic carbocycles. The molecule has 2 rings (SSSR count). The second-order valence-corrected chi connectivity index (χ2v) is 5.03. The van der Waals surface area contributed by atoms with Crippen LogP contribution in [0.15, 0.2) is 35.2 Å². The van der Waals surface area contributed by atoms with Crippen molar-refractivity contribution in [1.82, 2.24) is 20.2 Å². The van der Waals surface area contributed by atoms with Crippen LogP contribution in [0.3, 0.4) is 0 Å². The lowest BCUT2D eigenvalue weighted by Crippen LogP contribution is -2.35. The zero-order valence-electron chi connectivity index (χ0n) is 13.3. The van der Waals surface area contributed by atoms with Gasteiger partial charge in [-0.25, -0.2) is 4.98 Å². The predicted molar refractivity (Wildman–Crippen MR) is 83.5 cm³/mol. The Morgan fingerprint density at radius 2 is 2.13 bits per heavy atom. The molecule has 0 saturated carbocycles. The van der Waals surface area contributed by atoms with E-state index in [9.17, 15) is 9.59 Å². The van der Waals surface area contributed by atoms with E-state index in [0.29, 0.717) is 25.4 Å². The average molecular weight is 316 g/mol. The van der Waals surface area contributed by atoms with Crippen LogP contribution in [0.25, 0.3) is 0 Å². The SMILES string of the molecule is CCN(CCC(=O)NCc1ccco1)C(=O)c1cnc(C)cn1. The number of carbonyl (C=O) groups excluding carboxylic acids is 2. The fourth-order valence-electron chi connectivity index (χ4n) is 1.99. The van der Waals surface area contributed by atoms with E-state index in [2.05, 4.69) is 15.3 Å². The van der Waals surface area contributed by atoms with E-state index in [4.69, 9.17) is 4.42 Å². The molecule has 23 heavy (non-hydrogen) atoms. The van der Waals surface area contributed by atoms with Crippen LogP contribution >= 0.6 is 0 Å². The molecule has 2 heterocycles. The smallest absolute Gasteiger partial charge is 0.274 e. The van der Waals surface area contributed by atoms with Crippen LogP contribution in [0.2, 0.25) is 0 Å². The first-order valence-corrected chi connectivity index (χ1v) is 7.47. The molecule has 0 unspecified atom stereocenters. The Morgan fingerprint density at radius 1 is 1.30 bits per heavy atom. The Kier molecular flexibility index (Phi) is 5.85. The molecule has 2 amide bonds. The fourth-order valence-corrected chi connectivity index (χ4v) is 1.99. The van der Waals surface area contributed by atoms with Gasteiger partial charge in [0.05, 0.1) is 24.7 Å². The van der Waals surface area contributed by atoms with Gasteiger partial charge in [0.25, 0.3) is 5.91 Å².